The van der Waals surface area contributed by atoms with E-state index in [0.29, 0.717) is 30.1 Å². The molecule has 168 valence electrons. The Balaban J connectivity index is 1.37. The number of amides is 1. The van der Waals surface area contributed by atoms with Crippen molar-refractivity contribution in [2.45, 2.75) is 44.2 Å². The van der Waals surface area contributed by atoms with Gasteiger partial charge in [0.15, 0.2) is 5.75 Å². The maximum absolute atomic E-state index is 10.7. The molecule has 0 bridgehead atoms. The predicted molar refractivity (Wildman–Crippen MR) is 118 cm³/mol. The summed E-state index contributed by atoms with van der Waals surface area (Å²) in [5.74, 6) is 1.85. The molecule has 1 amide bonds. The van der Waals surface area contributed by atoms with Crippen molar-refractivity contribution in [3.8, 4) is 23.3 Å². The third-order valence-electron chi connectivity index (χ3n) is 5.64. The Morgan fingerprint density at radius 1 is 1.03 bits per heavy atom. The summed E-state index contributed by atoms with van der Waals surface area (Å²) < 4.78 is 11.6. The summed E-state index contributed by atoms with van der Waals surface area (Å²) in [7, 11) is 0. The van der Waals surface area contributed by atoms with Crippen LogP contribution in [0.4, 0.5) is 4.79 Å². The van der Waals surface area contributed by atoms with E-state index in [0.717, 1.165) is 11.3 Å². The highest BCUT2D eigenvalue weighted by Crippen LogP contribution is 2.33. The zero-order valence-electron chi connectivity index (χ0n) is 18.2. The van der Waals surface area contributed by atoms with Gasteiger partial charge in [0.05, 0.1) is 24.3 Å². The molecule has 0 saturated heterocycles. The minimum Gasteiger partial charge on any atom is -0.489 e. The van der Waals surface area contributed by atoms with Gasteiger partial charge in [-0.1, -0.05) is 26.0 Å². The number of carbonyl (C=O) groups is 1. The molecule has 9 nitrogen and oxygen atoms in total. The summed E-state index contributed by atoms with van der Waals surface area (Å²) in [6, 6.07) is 13.4. The molecule has 2 heterocycles. The first-order valence-electron chi connectivity index (χ1n) is 10.5. The van der Waals surface area contributed by atoms with Crippen molar-refractivity contribution in [3.05, 3.63) is 72.1 Å². The number of pyridine rings is 1. The van der Waals surface area contributed by atoms with E-state index in [2.05, 4.69) is 34.1 Å². The van der Waals surface area contributed by atoms with Gasteiger partial charge in [0.1, 0.15) is 23.7 Å². The van der Waals surface area contributed by atoms with Crippen molar-refractivity contribution >= 4 is 6.09 Å². The van der Waals surface area contributed by atoms with Gasteiger partial charge < -0.3 is 19.9 Å². The highest BCUT2D eigenvalue weighted by atomic mass is 16.5. The minimum atomic E-state index is -1.01. The fourth-order valence-electron chi connectivity index (χ4n) is 3.62. The Kier molecular flexibility index (Phi) is 6.09. The number of benzene rings is 1. The maximum Gasteiger partial charge on any atom is 0.404 e. The molecule has 33 heavy (non-hydrogen) atoms. The molecule has 2 aromatic heterocycles. The number of hydrogen-bond acceptors (Lipinski definition) is 7. The Bertz CT molecular complexity index is 1150. The van der Waals surface area contributed by atoms with Gasteiger partial charge in [-0.05, 0) is 29.8 Å². The van der Waals surface area contributed by atoms with Crippen LogP contribution in [0.5, 0.6) is 17.2 Å². The van der Waals surface area contributed by atoms with Crippen LogP contribution in [0, 0.1) is 11.3 Å². The van der Waals surface area contributed by atoms with Crippen molar-refractivity contribution in [2.24, 2.45) is 0 Å². The molecule has 2 N–H and O–H groups in total. The van der Waals surface area contributed by atoms with Crippen molar-refractivity contribution in [1.82, 2.24) is 20.3 Å². The molecule has 0 unspecified atom stereocenters. The molecule has 1 fully saturated rings. The van der Waals surface area contributed by atoms with E-state index in [9.17, 15) is 4.79 Å². The molecule has 1 aliphatic rings. The predicted octanol–water partition coefficient (Wildman–Crippen LogP) is 4.04. The van der Waals surface area contributed by atoms with Gasteiger partial charge in [-0.2, -0.15) is 5.26 Å². The maximum atomic E-state index is 10.7. The number of rotatable bonds is 7. The number of nitrogens with one attached hydrogen (secondary N) is 1. The number of ether oxygens (including phenoxy) is 2. The van der Waals surface area contributed by atoms with E-state index in [1.165, 1.54) is 12.4 Å². The summed E-state index contributed by atoms with van der Waals surface area (Å²) in [6.07, 6.45) is 4.93. The molecule has 1 saturated carbocycles. The Morgan fingerprint density at radius 3 is 2.24 bits per heavy atom. The standard InChI is InChI=1S/C24H23N5O4/c1-24(2,15-3-5-17(6-4-15)32-20-13-27-22(11-25)28-14-20)21-8-7-18(12-26-21)33-19-9-16(10-19)29-23(30)31/h3-8,12-14,16,19,29H,9-10H2,1-2H3,(H,30,31). The van der Waals surface area contributed by atoms with Crippen LogP contribution < -0.4 is 14.8 Å². The number of hydrogen-bond donors (Lipinski definition) is 2. The van der Waals surface area contributed by atoms with Gasteiger partial charge >= 0.3 is 6.09 Å². The molecule has 1 aliphatic carbocycles. The normalized spacial score (nSPS) is 17.4. The molecule has 0 radical (unpaired) electrons. The average Bonchev–Trinajstić information content (AvgIpc) is 2.78. The minimum absolute atomic E-state index is 0.00319. The van der Waals surface area contributed by atoms with E-state index in [-0.39, 0.29) is 23.4 Å². The topological polar surface area (TPSA) is 130 Å². The van der Waals surface area contributed by atoms with Gasteiger partial charge in [-0.3, -0.25) is 4.98 Å². The van der Waals surface area contributed by atoms with Crippen LogP contribution in [0.2, 0.25) is 0 Å². The van der Waals surface area contributed by atoms with Crippen LogP contribution in [0.3, 0.4) is 0 Å². The Hall–Kier alpha value is -4.19. The first-order chi connectivity index (χ1) is 15.8. The molecule has 9 heteroatoms. The summed E-state index contributed by atoms with van der Waals surface area (Å²) in [4.78, 5) is 23.1. The van der Waals surface area contributed by atoms with Gasteiger partial charge in [-0.25, -0.2) is 14.8 Å². The van der Waals surface area contributed by atoms with Crippen LogP contribution in [-0.4, -0.2) is 38.3 Å². The SMILES string of the molecule is CC(C)(c1ccc(Oc2cnc(C#N)nc2)cc1)c1ccc(OC2CC(NC(=O)O)C2)cn1. The van der Waals surface area contributed by atoms with Crippen LogP contribution in [0.15, 0.2) is 55.0 Å². The molecular formula is C24H23N5O4. The number of aromatic nitrogens is 3. The third-order valence-corrected chi connectivity index (χ3v) is 5.64. The number of nitrogens with zero attached hydrogens (tertiary/aromatic N) is 4. The van der Waals surface area contributed by atoms with Gasteiger partial charge in [0.25, 0.3) is 0 Å². The van der Waals surface area contributed by atoms with Crippen LogP contribution in [0.1, 0.15) is 43.8 Å². The Labute approximate surface area is 191 Å². The lowest BCUT2D eigenvalue weighted by atomic mass is 9.81. The molecule has 3 aromatic rings. The van der Waals surface area contributed by atoms with Crippen molar-refractivity contribution < 1.29 is 19.4 Å². The van der Waals surface area contributed by atoms with Gasteiger partial charge in [0, 0.05) is 24.3 Å². The summed E-state index contributed by atoms with van der Waals surface area (Å²) in [5.41, 5.74) is 1.61. The lowest BCUT2D eigenvalue weighted by molar-refractivity contribution is 0.0830. The highest BCUT2D eigenvalue weighted by Gasteiger charge is 2.32. The fraction of sp³-hybridized carbons (Fsp3) is 0.292. The first-order valence-corrected chi connectivity index (χ1v) is 10.5. The monoisotopic (exact) mass is 445 g/mol. The lowest BCUT2D eigenvalue weighted by Gasteiger charge is -2.35. The molecule has 1 aromatic carbocycles. The van der Waals surface area contributed by atoms with E-state index >= 15 is 0 Å². The van der Waals surface area contributed by atoms with E-state index < -0.39 is 6.09 Å². The average molecular weight is 445 g/mol. The Morgan fingerprint density at radius 2 is 1.67 bits per heavy atom. The summed E-state index contributed by atoms with van der Waals surface area (Å²) in [6.45, 7) is 4.18. The van der Waals surface area contributed by atoms with Crippen LogP contribution >= 0.6 is 0 Å². The van der Waals surface area contributed by atoms with Gasteiger partial charge in [-0.15, -0.1) is 0 Å². The second kappa shape index (κ2) is 9.12. The second-order valence-electron chi connectivity index (χ2n) is 8.34. The van der Waals surface area contributed by atoms with E-state index in [4.69, 9.17) is 19.8 Å². The quantitative estimate of drug-likeness (QED) is 0.557. The zero-order chi connectivity index (χ0) is 23.4. The highest BCUT2D eigenvalue weighted by molar-refractivity contribution is 5.65. The lowest BCUT2D eigenvalue weighted by Crippen LogP contribution is -2.48. The molecule has 0 spiro atoms. The number of carboxylic acid groups (broad SMARTS) is 1. The summed E-state index contributed by atoms with van der Waals surface area (Å²) in [5, 5.41) is 20.0. The van der Waals surface area contributed by atoms with Crippen LogP contribution in [-0.2, 0) is 5.41 Å². The van der Waals surface area contributed by atoms with Gasteiger partial charge in [0.2, 0.25) is 5.82 Å². The number of nitriles is 1. The second-order valence-corrected chi connectivity index (χ2v) is 8.34. The van der Waals surface area contributed by atoms with Crippen molar-refractivity contribution in [1.29, 1.82) is 5.26 Å². The van der Waals surface area contributed by atoms with E-state index in [1.807, 2.05) is 42.5 Å². The molecule has 0 aliphatic heterocycles. The first kappa shape index (κ1) is 22.0. The molecule has 4 rings (SSSR count). The van der Waals surface area contributed by atoms with Crippen molar-refractivity contribution in [3.63, 3.8) is 0 Å². The van der Waals surface area contributed by atoms with Crippen molar-refractivity contribution in [2.75, 3.05) is 0 Å². The zero-order valence-corrected chi connectivity index (χ0v) is 18.2. The van der Waals surface area contributed by atoms with E-state index in [1.54, 1.807) is 6.20 Å². The molecular weight excluding hydrogens is 422 g/mol. The molecule has 0 atom stereocenters. The largest absolute Gasteiger partial charge is 0.489 e. The van der Waals surface area contributed by atoms with Crippen LogP contribution in [0.25, 0.3) is 0 Å². The smallest absolute Gasteiger partial charge is 0.404 e. The third kappa shape index (κ3) is 5.18. The summed E-state index contributed by atoms with van der Waals surface area (Å²) >= 11 is 0. The fourth-order valence-corrected chi connectivity index (χ4v) is 3.62.